The van der Waals surface area contributed by atoms with Gasteiger partial charge in [-0.3, -0.25) is 0 Å². The number of amidine groups is 1. The first-order chi connectivity index (χ1) is 8.69. The third kappa shape index (κ3) is 3.23. The minimum absolute atomic E-state index is 0.125. The van der Waals surface area contributed by atoms with Crippen LogP contribution in [0.25, 0.3) is 0 Å². The molecule has 98 valence electrons. The van der Waals surface area contributed by atoms with Crippen LogP contribution in [0.2, 0.25) is 0 Å². The van der Waals surface area contributed by atoms with Gasteiger partial charge in [-0.1, -0.05) is 42.4 Å². The third-order valence-electron chi connectivity index (χ3n) is 3.55. The Hall–Kier alpha value is -1.55. The summed E-state index contributed by atoms with van der Waals surface area (Å²) in [4.78, 5) is 0. The predicted octanol–water partition coefficient (Wildman–Crippen LogP) is 2.25. The lowest BCUT2D eigenvalue weighted by Gasteiger charge is -2.36. The van der Waals surface area contributed by atoms with Crippen molar-refractivity contribution in [3.8, 4) is 0 Å². The second-order valence-electron chi connectivity index (χ2n) is 5.20. The number of hydrogen-bond donors (Lipinski definition) is 3. The van der Waals surface area contributed by atoms with Crippen LogP contribution in [0.5, 0.6) is 0 Å². The Morgan fingerprint density at radius 2 is 2.11 bits per heavy atom. The molecule has 0 heterocycles. The van der Waals surface area contributed by atoms with E-state index in [4.69, 9.17) is 10.9 Å². The van der Waals surface area contributed by atoms with Gasteiger partial charge < -0.3 is 16.3 Å². The van der Waals surface area contributed by atoms with Crippen LogP contribution in [0.15, 0.2) is 35.5 Å². The van der Waals surface area contributed by atoms with Crippen LogP contribution in [-0.2, 0) is 0 Å². The molecule has 0 amide bonds. The van der Waals surface area contributed by atoms with Crippen molar-refractivity contribution in [2.75, 3.05) is 0 Å². The highest BCUT2D eigenvalue weighted by atomic mass is 16.4. The summed E-state index contributed by atoms with van der Waals surface area (Å²) in [6.45, 7) is 2.26. The third-order valence-corrected chi connectivity index (χ3v) is 3.55. The van der Waals surface area contributed by atoms with Crippen LogP contribution < -0.4 is 11.1 Å². The van der Waals surface area contributed by atoms with E-state index in [1.54, 1.807) is 0 Å². The molecule has 1 aromatic carbocycles. The average Bonchev–Trinajstić information content (AvgIpc) is 2.36. The molecule has 4 N–H and O–H groups in total. The first-order valence-corrected chi connectivity index (χ1v) is 6.46. The average molecular weight is 247 g/mol. The fraction of sp³-hybridized carbons (Fsp3) is 0.500. The van der Waals surface area contributed by atoms with Crippen molar-refractivity contribution in [1.82, 2.24) is 5.32 Å². The molecule has 0 bridgehead atoms. The van der Waals surface area contributed by atoms with E-state index in [9.17, 15) is 0 Å². The van der Waals surface area contributed by atoms with Crippen molar-refractivity contribution in [3.63, 3.8) is 0 Å². The van der Waals surface area contributed by atoms with Gasteiger partial charge >= 0.3 is 0 Å². The van der Waals surface area contributed by atoms with Crippen molar-refractivity contribution in [2.45, 2.75) is 38.3 Å². The van der Waals surface area contributed by atoms with E-state index in [0.717, 1.165) is 5.92 Å². The van der Waals surface area contributed by atoms with Gasteiger partial charge in [0.1, 0.15) is 5.84 Å². The van der Waals surface area contributed by atoms with Crippen LogP contribution in [0, 0.1) is 5.92 Å². The summed E-state index contributed by atoms with van der Waals surface area (Å²) in [5.74, 6) is 1.08. The lowest BCUT2D eigenvalue weighted by atomic mass is 9.81. The van der Waals surface area contributed by atoms with Gasteiger partial charge in [0.2, 0.25) is 0 Å². The Morgan fingerprint density at radius 1 is 1.44 bits per heavy atom. The maximum Gasteiger partial charge on any atom is 0.141 e. The topological polar surface area (TPSA) is 70.6 Å². The Morgan fingerprint density at radius 3 is 2.67 bits per heavy atom. The quantitative estimate of drug-likeness (QED) is 0.323. The van der Waals surface area contributed by atoms with E-state index >= 15 is 0 Å². The molecule has 1 aliphatic carbocycles. The molecule has 1 unspecified atom stereocenters. The van der Waals surface area contributed by atoms with Crippen LogP contribution >= 0.6 is 0 Å². The van der Waals surface area contributed by atoms with Crippen molar-refractivity contribution in [2.24, 2.45) is 16.8 Å². The van der Waals surface area contributed by atoms with Gasteiger partial charge in [0.05, 0.1) is 0 Å². The molecule has 4 heteroatoms. The standard InChI is InChI=1S/C14H21N3O/c1-10-7-12(8-10)16-13(9-14(15)17-18)11-5-3-2-4-6-11/h2-6,10,12-13,16,18H,7-9H2,1H3,(H2,15,17). The molecule has 1 atom stereocenters. The number of benzene rings is 1. The lowest BCUT2D eigenvalue weighted by Crippen LogP contribution is -2.43. The molecule has 0 radical (unpaired) electrons. The normalized spacial score (nSPS) is 25.5. The van der Waals surface area contributed by atoms with Gasteiger partial charge in [-0.2, -0.15) is 0 Å². The van der Waals surface area contributed by atoms with Crippen molar-refractivity contribution < 1.29 is 5.21 Å². The predicted molar refractivity (Wildman–Crippen MR) is 72.5 cm³/mol. The van der Waals surface area contributed by atoms with Crippen LogP contribution in [0.1, 0.15) is 37.8 Å². The van der Waals surface area contributed by atoms with Gasteiger partial charge in [0.15, 0.2) is 0 Å². The molecule has 0 spiro atoms. The lowest BCUT2D eigenvalue weighted by molar-refractivity contribution is 0.223. The zero-order valence-electron chi connectivity index (χ0n) is 10.7. The van der Waals surface area contributed by atoms with E-state index < -0.39 is 0 Å². The molecule has 1 aliphatic rings. The van der Waals surface area contributed by atoms with Gasteiger partial charge in [-0.05, 0) is 24.3 Å². The van der Waals surface area contributed by atoms with Gasteiger partial charge in [-0.15, -0.1) is 0 Å². The number of rotatable bonds is 5. The highest BCUT2D eigenvalue weighted by Gasteiger charge is 2.28. The summed E-state index contributed by atoms with van der Waals surface area (Å²) in [6, 6.07) is 10.8. The molecule has 0 aromatic heterocycles. The maximum absolute atomic E-state index is 8.71. The molecule has 2 rings (SSSR count). The van der Waals surface area contributed by atoms with E-state index in [2.05, 4.69) is 29.5 Å². The fourth-order valence-corrected chi connectivity index (χ4v) is 2.53. The van der Waals surface area contributed by atoms with Crippen molar-refractivity contribution >= 4 is 5.84 Å². The summed E-state index contributed by atoms with van der Waals surface area (Å²) in [5, 5.41) is 15.4. The Bertz CT molecular complexity index is 399. The van der Waals surface area contributed by atoms with E-state index in [-0.39, 0.29) is 11.9 Å². The number of nitrogens with one attached hydrogen (secondary N) is 1. The molecule has 18 heavy (non-hydrogen) atoms. The molecule has 0 saturated heterocycles. The van der Waals surface area contributed by atoms with Gasteiger partial charge in [0.25, 0.3) is 0 Å². The number of oxime groups is 1. The summed E-state index contributed by atoms with van der Waals surface area (Å²) in [5.41, 5.74) is 6.82. The fourth-order valence-electron chi connectivity index (χ4n) is 2.53. The Balaban J connectivity index is 2.03. The highest BCUT2D eigenvalue weighted by molar-refractivity contribution is 5.80. The summed E-state index contributed by atoms with van der Waals surface area (Å²) in [7, 11) is 0. The molecular weight excluding hydrogens is 226 g/mol. The number of hydrogen-bond acceptors (Lipinski definition) is 3. The molecule has 1 fully saturated rings. The van der Waals surface area contributed by atoms with Gasteiger partial charge in [-0.25, -0.2) is 0 Å². The Kier molecular flexibility index (Phi) is 4.20. The molecular formula is C14H21N3O. The van der Waals surface area contributed by atoms with E-state index in [1.165, 1.54) is 18.4 Å². The Labute approximate surface area is 108 Å². The van der Waals surface area contributed by atoms with Crippen LogP contribution in [0.4, 0.5) is 0 Å². The highest BCUT2D eigenvalue weighted by Crippen LogP contribution is 2.29. The summed E-state index contributed by atoms with van der Waals surface area (Å²) >= 11 is 0. The number of nitrogens with zero attached hydrogens (tertiary/aromatic N) is 1. The molecule has 4 nitrogen and oxygen atoms in total. The second kappa shape index (κ2) is 5.87. The van der Waals surface area contributed by atoms with Crippen LogP contribution in [0.3, 0.4) is 0 Å². The first-order valence-electron chi connectivity index (χ1n) is 6.46. The summed E-state index contributed by atoms with van der Waals surface area (Å²) < 4.78 is 0. The zero-order valence-corrected chi connectivity index (χ0v) is 10.7. The minimum Gasteiger partial charge on any atom is -0.409 e. The maximum atomic E-state index is 8.71. The van der Waals surface area contributed by atoms with Crippen molar-refractivity contribution in [1.29, 1.82) is 0 Å². The van der Waals surface area contributed by atoms with Crippen LogP contribution in [-0.4, -0.2) is 17.1 Å². The van der Waals surface area contributed by atoms with Crippen molar-refractivity contribution in [3.05, 3.63) is 35.9 Å². The largest absolute Gasteiger partial charge is 0.409 e. The number of nitrogens with two attached hydrogens (primary N) is 1. The smallest absolute Gasteiger partial charge is 0.141 e. The SMILES string of the molecule is CC1CC(NC(C/C(N)=N/O)c2ccccc2)C1. The zero-order chi connectivity index (χ0) is 13.0. The molecule has 0 aliphatic heterocycles. The van der Waals surface area contributed by atoms with E-state index in [0.29, 0.717) is 12.5 Å². The van der Waals surface area contributed by atoms with E-state index in [1.807, 2.05) is 18.2 Å². The summed E-state index contributed by atoms with van der Waals surface area (Å²) in [6.07, 6.45) is 2.95. The second-order valence-corrected chi connectivity index (χ2v) is 5.20. The molecule has 1 saturated carbocycles. The monoisotopic (exact) mass is 247 g/mol. The van der Waals surface area contributed by atoms with Gasteiger partial charge in [0, 0.05) is 18.5 Å². The minimum atomic E-state index is 0.125. The first kappa shape index (κ1) is 12.9. The molecule has 1 aromatic rings.